The fourth-order valence-corrected chi connectivity index (χ4v) is 3.65. The Morgan fingerprint density at radius 2 is 2.25 bits per heavy atom. The maximum Gasteiger partial charge on any atom is 0.0621 e. The third-order valence-corrected chi connectivity index (χ3v) is 3.68. The Bertz CT molecular complexity index is 143. The predicted molar refractivity (Wildman–Crippen MR) is 57.5 cm³/mol. The van der Waals surface area contributed by atoms with E-state index in [9.17, 15) is 0 Å². The summed E-state index contributed by atoms with van der Waals surface area (Å²) in [6.07, 6.45) is 2.60. The van der Waals surface area contributed by atoms with E-state index in [1.165, 1.54) is 18.6 Å². The topological polar surface area (TPSA) is 12.0 Å². The molecule has 2 atom stereocenters. The quantitative estimate of drug-likeness (QED) is 0.713. The molecule has 0 aromatic rings. The van der Waals surface area contributed by atoms with Gasteiger partial charge in [-0.2, -0.15) is 0 Å². The second kappa shape index (κ2) is 4.01. The summed E-state index contributed by atoms with van der Waals surface area (Å²) in [6, 6.07) is 0.704. The van der Waals surface area contributed by atoms with E-state index in [2.05, 4.69) is 44.8 Å². The van der Waals surface area contributed by atoms with Crippen molar-refractivity contribution in [3.05, 3.63) is 0 Å². The van der Waals surface area contributed by atoms with E-state index < -0.39 is 0 Å². The number of hydrogen-bond donors (Lipinski definition) is 1. The summed E-state index contributed by atoms with van der Waals surface area (Å²) >= 11 is 2.09. The summed E-state index contributed by atoms with van der Waals surface area (Å²) in [5.74, 6) is 2.11. The van der Waals surface area contributed by atoms with E-state index in [-0.39, 0.29) is 0 Å². The molecule has 1 N–H and O–H groups in total. The maximum atomic E-state index is 3.69. The van der Waals surface area contributed by atoms with Crippen LogP contribution in [-0.2, 0) is 0 Å². The summed E-state index contributed by atoms with van der Waals surface area (Å²) in [6.45, 7) is 9.23. The molecule has 12 heavy (non-hydrogen) atoms. The van der Waals surface area contributed by atoms with Gasteiger partial charge in [0.1, 0.15) is 0 Å². The molecule has 1 aliphatic heterocycles. The summed E-state index contributed by atoms with van der Waals surface area (Å²) in [4.78, 5) is 0.339. The van der Waals surface area contributed by atoms with E-state index in [1.54, 1.807) is 0 Å². The number of hydrogen-bond acceptors (Lipinski definition) is 2. The number of rotatable bonds is 2. The van der Waals surface area contributed by atoms with Gasteiger partial charge in [0.25, 0.3) is 0 Å². The Balaban J connectivity index is 2.45. The third-order valence-electron chi connectivity index (χ3n) is 2.32. The van der Waals surface area contributed by atoms with Crippen molar-refractivity contribution in [3.8, 4) is 0 Å². The van der Waals surface area contributed by atoms with Gasteiger partial charge in [-0.3, -0.25) is 0 Å². The summed E-state index contributed by atoms with van der Waals surface area (Å²) in [5.41, 5.74) is 0. The van der Waals surface area contributed by atoms with Gasteiger partial charge in [-0.15, -0.1) is 11.8 Å². The molecule has 72 valence electrons. The zero-order valence-electron chi connectivity index (χ0n) is 8.68. The minimum Gasteiger partial charge on any atom is -0.300 e. The van der Waals surface area contributed by atoms with Crippen LogP contribution < -0.4 is 5.32 Å². The molecule has 0 spiro atoms. The Kier molecular flexibility index (Phi) is 3.47. The molecule has 0 aromatic heterocycles. The molecule has 0 bridgehead atoms. The first-order valence-electron chi connectivity index (χ1n) is 4.93. The predicted octanol–water partition coefficient (Wildman–Crippen LogP) is 2.86. The van der Waals surface area contributed by atoms with Gasteiger partial charge in [-0.1, -0.05) is 13.8 Å². The second-order valence-electron chi connectivity index (χ2n) is 4.51. The third kappa shape index (κ3) is 2.98. The van der Waals surface area contributed by atoms with Crippen LogP contribution in [0.5, 0.6) is 0 Å². The van der Waals surface area contributed by atoms with Crippen molar-refractivity contribution < 1.29 is 0 Å². The van der Waals surface area contributed by atoms with E-state index >= 15 is 0 Å². The first kappa shape index (κ1) is 10.4. The zero-order chi connectivity index (χ0) is 9.19. The van der Waals surface area contributed by atoms with Crippen molar-refractivity contribution in [2.45, 2.75) is 51.4 Å². The van der Waals surface area contributed by atoms with Gasteiger partial charge in [0, 0.05) is 6.04 Å². The first-order chi connectivity index (χ1) is 5.52. The molecule has 0 aromatic carbocycles. The molecule has 2 unspecified atom stereocenters. The standard InChI is InChI=1S/C10H21NS/c1-8(2)7-10(4)11-9(3)5-6-12-10/h8-9,11H,5-7H2,1-4H3. The van der Waals surface area contributed by atoms with Crippen molar-refractivity contribution in [2.24, 2.45) is 5.92 Å². The van der Waals surface area contributed by atoms with Crippen LogP contribution >= 0.6 is 11.8 Å². The first-order valence-corrected chi connectivity index (χ1v) is 5.92. The molecular weight excluding hydrogens is 166 g/mol. The number of nitrogens with one attached hydrogen (secondary N) is 1. The lowest BCUT2D eigenvalue weighted by Crippen LogP contribution is -2.49. The highest BCUT2D eigenvalue weighted by Gasteiger charge is 2.30. The van der Waals surface area contributed by atoms with Gasteiger partial charge in [0.15, 0.2) is 0 Å². The second-order valence-corrected chi connectivity index (χ2v) is 6.11. The van der Waals surface area contributed by atoms with Gasteiger partial charge < -0.3 is 5.32 Å². The highest BCUT2D eigenvalue weighted by Crippen LogP contribution is 2.33. The van der Waals surface area contributed by atoms with Gasteiger partial charge >= 0.3 is 0 Å². The molecule has 1 fully saturated rings. The lowest BCUT2D eigenvalue weighted by molar-refractivity contribution is 0.353. The Labute approximate surface area is 80.7 Å². The Hall–Kier alpha value is 0.310. The van der Waals surface area contributed by atoms with Crippen LogP contribution in [0.4, 0.5) is 0 Å². The lowest BCUT2D eigenvalue weighted by Gasteiger charge is -2.39. The average Bonchev–Trinajstić information content (AvgIpc) is 1.82. The molecule has 1 nitrogen and oxygen atoms in total. The number of thioether (sulfide) groups is 1. The van der Waals surface area contributed by atoms with Crippen molar-refractivity contribution >= 4 is 11.8 Å². The van der Waals surface area contributed by atoms with Crippen LogP contribution in [0.2, 0.25) is 0 Å². The molecule has 1 saturated heterocycles. The summed E-state index contributed by atoms with van der Waals surface area (Å²) in [7, 11) is 0. The normalized spacial score (nSPS) is 37.2. The molecule has 0 amide bonds. The van der Waals surface area contributed by atoms with Crippen molar-refractivity contribution in [3.63, 3.8) is 0 Å². The molecule has 0 radical (unpaired) electrons. The van der Waals surface area contributed by atoms with Gasteiger partial charge in [-0.25, -0.2) is 0 Å². The van der Waals surface area contributed by atoms with E-state index in [1.807, 2.05) is 0 Å². The van der Waals surface area contributed by atoms with E-state index in [4.69, 9.17) is 0 Å². The van der Waals surface area contributed by atoms with Crippen LogP contribution in [-0.4, -0.2) is 16.7 Å². The van der Waals surface area contributed by atoms with Crippen LogP contribution in [0.3, 0.4) is 0 Å². The fourth-order valence-electron chi connectivity index (χ4n) is 1.99. The molecule has 2 heteroatoms. The smallest absolute Gasteiger partial charge is 0.0621 e. The molecule has 1 rings (SSSR count). The largest absolute Gasteiger partial charge is 0.300 e. The average molecular weight is 187 g/mol. The van der Waals surface area contributed by atoms with Crippen LogP contribution in [0.25, 0.3) is 0 Å². The van der Waals surface area contributed by atoms with Crippen LogP contribution in [0, 0.1) is 5.92 Å². The lowest BCUT2D eigenvalue weighted by atomic mass is 10.0. The van der Waals surface area contributed by atoms with Gasteiger partial charge in [-0.05, 0) is 38.4 Å². The van der Waals surface area contributed by atoms with E-state index in [0.717, 1.165) is 5.92 Å². The molecule has 1 aliphatic rings. The highest BCUT2D eigenvalue weighted by atomic mass is 32.2. The summed E-state index contributed by atoms with van der Waals surface area (Å²) < 4.78 is 0. The van der Waals surface area contributed by atoms with Gasteiger partial charge in [0.05, 0.1) is 4.87 Å². The monoisotopic (exact) mass is 187 g/mol. The van der Waals surface area contributed by atoms with Crippen molar-refractivity contribution in [2.75, 3.05) is 5.75 Å². The van der Waals surface area contributed by atoms with Gasteiger partial charge in [0.2, 0.25) is 0 Å². The fraction of sp³-hybridized carbons (Fsp3) is 1.00. The van der Waals surface area contributed by atoms with Crippen LogP contribution in [0.15, 0.2) is 0 Å². The van der Waals surface area contributed by atoms with E-state index in [0.29, 0.717) is 10.9 Å². The maximum absolute atomic E-state index is 3.69. The van der Waals surface area contributed by atoms with Crippen molar-refractivity contribution in [1.82, 2.24) is 5.32 Å². The zero-order valence-corrected chi connectivity index (χ0v) is 9.50. The van der Waals surface area contributed by atoms with Crippen LogP contribution in [0.1, 0.15) is 40.5 Å². The Morgan fingerprint density at radius 1 is 1.58 bits per heavy atom. The molecular formula is C10H21NS. The molecule has 0 saturated carbocycles. The molecule has 1 heterocycles. The Morgan fingerprint density at radius 3 is 2.75 bits per heavy atom. The minimum atomic E-state index is 0.339. The SMILES string of the molecule is CC(C)CC1(C)NC(C)CCS1. The molecule has 0 aliphatic carbocycles. The van der Waals surface area contributed by atoms with Crippen molar-refractivity contribution in [1.29, 1.82) is 0 Å². The summed E-state index contributed by atoms with van der Waals surface area (Å²) in [5, 5.41) is 3.69. The minimum absolute atomic E-state index is 0.339. The highest BCUT2D eigenvalue weighted by molar-refractivity contribution is 8.00.